The van der Waals surface area contributed by atoms with E-state index in [-0.39, 0.29) is 5.95 Å². The van der Waals surface area contributed by atoms with Crippen LogP contribution in [0.4, 0.5) is 19.1 Å². The Bertz CT molecular complexity index is 548. The molecular formula is C10H7F3N4O. The summed E-state index contributed by atoms with van der Waals surface area (Å²) in [6.45, 7) is 0. The van der Waals surface area contributed by atoms with Crippen molar-refractivity contribution in [3.63, 3.8) is 0 Å². The van der Waals surface area contributed by atoms with Crippen LogP contribution in [0.2, 0.25) is 0 Å². The molecule has 5 nitrogen and oxygen atoms in total. The standard InChI is InChI=1S/C10H7F3N4O/c11-5-1-7(12)6(8(13)2-5)3-9(18)16-10-14-4-15-17-10/h1-2,4H,3H2,(H2,14,15,16,17,18). The number of aromatic amines is 1. The Hall–Kier alpha value is -2.38. The number of carbonyl (C=O) groups is 1. The molecule has 1 heterocycles. The van der Waals surface area contributed by atoms with E-state index in [4.69, 9.17) is 0 Å². The molecule has 0 aliphatic carbocycles. The van der Waals surface area contributed by atoms with Gasteiger partial charge in [0.25, 0.3) is 0 Å². The molecule has 0 saturated heterocycles. The smallest absolute Gasteiger partial charge is 0.231 e. The van der Waals surface area contributed by atoms with Gasteiger partial charge in [-0.2, -0.15) is 10.1 Å². The third-order valence-corrected chi connectivity index (χ3v) is 2.12. The molecule has 0 spiro atoms. The second-order valence-electron chi connectivity index (χ2n) is 3.41. The molecule has 0 bridgehead atoms. The molecule has 0 aliphatic heterocycles. The highest BCUT2D eigenvalue weighted by atomic mass is 19.1. The summed E-state index contributed by atoms with van der Waals surface area (Å²) >= 11 is 0. The van der Waals surface area contributed by atoms with Gasteiger partial charge < -0.3 is 0 Å². The average Bonchev–Trinajstić information content (AvgIpc) is 2.76. The minimum Gasteiger partial charge on any atom is -0.295 e. The van der Waals surface area contributed by atoms with E-state index in [1.165, 1.54) is 0 Å². The van der Waals surface area contributed by atoms with Crippen molar-refractivity contribution in [2.45, 2.75) is 6.42 Å². The van der Waals surface area contributed by atoms with Crippen molar-refractivity contribution in [1.29, 1.82) is 0 Å². The second-order valence-corrected chi connectivity index (χ2v) is 3.41. The third-order valence-electron chi connectivity index (χ3n) is 2.12. The van der Waals surface area contributed by atoms with Gasteiger partial charge in [0.15, 0.2) is 0 Å². The number of nitrogens with one attached hydrogen (secondary N) is 2. The van der Waals surface area contributed by atoms with Crippen molar-refractivity contribution in [1.82, 2.24) is 15.2 Å². The highest BCUT2D eigenvalue weighted by Gasteiger charge is 2.15. The van der Waals surface area contributed by atoms with Crippen LogP contribution in [0.1, 0.15) is 5.56 Å². The number of amides is 1. The van der Waals surface area contributed by atoms with E-state index < -0.39 is 35.3 Å². The summed E-state index contributed by atoms with van der Waals surface area (Å²) in [5.41, 5.74) is -0.506. The van der Waals surface area contributed by atoms with Gasteiger partial charge in [-0.1, -0.05) is 0 Å². The lowest BCUT2D eigenvalue weighted by atomic mass is 10.1. The predicted molar refractivity (Wildman–Crippen MR) is 55.0 cm³/mol. The molecule has 2 aromatic rings. The number of hydrogen-bond donors (Lipinski definition) is 2. The molecule has 0 aliphatic rings. The quantitative estimate of drug-likeness (QED) is 0.872. The Morgan fingerprint density at radius 2 is 1.94 bits per heavy atom. The van der Waals surface area contributed by atoms with Crippen LogP contribution in [0.5, 0.6) is 0 Å². The van der Waals surface area contributed by atoms with Crippen molar-refractivity contribution in [2.24, 2.45) is 0 Å². The van der Waals surface area contributed by atoms with Crippen LogP contribution in [0.15, 0.2) is 18.5 Å². The highest BCUT2D eigenvalue weighted by Crippen LogP contribution is 2.15. The van der Waals surface area contributed by atoms with Crippen LogP contribution in [0.25, 0.3) is 0 Å². The summed E-state index contributed by atoms with van der Waals surface area (Å²) in [4.78, 5) is 15.1. The summed E-state index contributed by atoms with van der Waals surface area (Å²) < 4.78 is 39.2. The maximum absolute atomic E-state index is 13.3. The van der Waals surface area contributed by atoms with Gasteiger partial charge in [-0.15, -0.1) is 0 Å². The molecule has 0 atom stereocenters. The Morgan fingerprint density at radius 1 is 1.28 bits per heavy atom. The van der Waals surface area contributed by atoms with Crippen molar-refractivity contribution >= 4 is 11.9 Å². The number of benzene rings is 1. The van der Waals surface area contributed by atoms with Gasteiger partial charge in [0.2, 0.25) is 11.9 Å². The van der Waals surface area contributed by atoms with Crippen molar-refractivity contribution in [3.8, 4) is 0 Å². The first-order valence-electron chi connectivity index (χ1n) is 4.85. The van der Waals surface area contributed by atoms with Gasteiger partial charge in [0.1, 0.15) is 23.8 Å². The number of carbonyl (C=O) groups excluding carboxylic acids is 1. The van der Waals surface area contributed by atoms with Crippen LogP contribution >= 0.6 is 0 Å². The predicted octanol–water partition coefficient (Wildman–Crippen LogP) is 1.40. The lowest BCUT2D eigenvalue weighted by Crippen LogP contribution is -2.17. The summed E-state index contributed by atoms with van der Waals surface area (Å²) in [5.74, 6) is -3.90. The fourth-order valence-corrected chi connectivity index (χ4v) is 1.34. The van der Waals surface area contributed by atoms with Gasteiger partial charge in [0, 0.05) is 17.7 Å². The normalized spacial score (nSPS) is 10.4. The first-order valence-corrected chi connectivity index (χ1v) is 4.85. The lowest BCUT2D eigenvalue weighted by molar-refractivity contribution is -0.115. The highest BCUT2D eigenvalue weighted by molar-refractivity contribution is 5.90. The van der Waals surface area contributed by atoms with Crippen molar-refractivity contribution in [3.05, 3.63) is 41.5 Å². The first-order chi connectivity index (χ1) is 8.56. The summed E-state index contributed by atoms with van der Waals surface area (Å²) in [6, 6.07) is 1.03. The lowest BCUT2D eigenvalue weighted by Gasteiger charge is -2.05. The van der Waals surface area contributed by atoms with Crippen molar-refractivity contribution in [2.75, 3.05) is 5.32 Å². The first kappa shape index (κ1) is 12.1. The number of hydrogen-bond acceptors (Lipinski definition) is 3. The van der Waals surface area contributed by atoms with Gasteiger partial charge in [-0.3, -0.25) is 10.1 Å². The molecule has 1 amide bonds. The molecule has 1 aromatic carbocycles. The Morgan fingerprint density at radius 3 is 2.50 bits per heavy atom. The van der Waals surface area contributed by atoms with Crippen molar-refractivity contribution < 1.29 is 18.0 Å². The fraction of sp³-hybridized carbons (Fsp3) is 0.100. The SMILES string of the molecule is O=C(Cc1c(F)cc(F)cc1F)Nc1ncn[nH]1. The van der Waals surface area contributed by atoms with Gasteiger partial charge in [-0.05, 0) is 0 Å². The zero-order chi connectivity index (χ0) is 13.1. The van der Waals surface area contributed by atoms with E-state index in [0.29, 0.717) is 12.1 Å². The largest absolute Gasteiger partial charge is 0.295 e. The topological polar surface area (TPSA) is 70.7 Å². The van der Waals surface area contributed by atoms with Gasteiger partial charge >= 0.3 is 0 Å². The Balaban J connectivity index is 2.12. The molecular weight excluding hydrogens is 249 g/mol. The Labute approximate surface area is 99.0 Å². The number of aromatic nitrogens is 3. The fourth-order valence-electron chi connectivity index (χ4n) is 1.34. The van der Waals surface area contributed by atoms with Crippen LogP contribution in [0.3, 0.4) is 0 Å². The molecule has 0 saturated carbocycles. The zero-order valence-electron chi connectivity index (χ0n) is 8.88. The molecule has 0 fully saturated rings. The van der Waals surface area contributed by atoms with Crippen LogP contribution in [0, 0.1) is 17.5 Å². The second kappa shape index (κ2) is 4.86. The molecule has 0 radical (unpaired) electrons. The number of halogens is 3. The molecule has 2 N–H and O–H groups in total. The maximum atomic E-state index is 13.3. The minimum atomic E-state index is -1.11. The monoisotopic (exact) mass is 256 g/mol. The van der Waals surface area contributed by atoms with E-state index in [9.17, 15) is 18.0 Å². The number of H-pyrrole nitrogens is 1. The zero-order valence-corrected chi connectivity index (χ0v) is 8.88. The van der Waals surface area contributed by atoms with Gasteiger partial charge in [0.05, 0.1) is 6.42 Å². The number of rotatable bonds is 3. The maximum Gasteiger partial charge on any atom is 0.231 e. The third kappa shape index (κ3) is 2.65. The number of nitrogens with zero attached hydrogens (tertiary/aromatic N) is 2. The molecule has 94 valence electrons. The summed E-state index contributed by atoms with van der Waals surface area (Å²) in [7, 11) is 0. The van der Waals surface area contributed by atoms with Crippen LogP contribution in [-0.2, 0) is 11.2 Å². The number of anilines is 1. The van der Waals surface area contributed by atoms with E-state index in [2.05, 4.69) is 20.5 Å². The Kier molecular flexibility index (Phi) is 3.26. The van der Waals surface area contributed by atoms with Gasteiger partial charge in [-0.25, -0.2) is 18.3 Å². The van der Waals surface area contributed by atoms with Crippen LogP contribution in [-0.4, -0.2) is 21.1 Å². The molecule has 1 aromatic heterocycles. The molecule has 8 heteroatoms. The van der Waals surface area contributed by atoms with E-state index in [1.54, 1.807) is 0 Å². The van der Waals surface area contributed by atoms with Crippen LogP contribution < -0.4 is 5.32 Å². The van der Waals surface area contributed by atoms with E-state index >= 15 is 0 Å². The molecule has 18 heavy (non-hydrogen) atoms. The summed E-state index contributed by atoms with van der Waals surface area (Å²) in [6.07, 6.45) is 0.591. The minimum absolute atomic E-state index is 0.0583. The van der Waals surface area contributed by atoms with E-state index in [0.717, 1.165) is 6.33 Å². The molecule has 2 rings (SSSR count). The average molecular weight is 256 g/mol. The van der Waals surface area contributed by atoms with E-state index in [1.807, 2.05) is 0 Å². The summed E-state index contributed by atoms with van der Waals surface area (Å²) in [5, 5.41) is 8.08. The molecule has 0 unspecified atom stereocenters.